The van der Waals surface area contributed by atoms with E-state index in [1.807, 2.05) is 13.8 Å². The summed E-state index contributed by atoms with van der Waals surface area (Å²) >= 11 is 0. The number of hydrogen-bond donors (Lipinski definition) is 1. The number of nitrogens with zero attached hydrogens (tertiary/aromatic N) is 1. The molecule has 0 aliphatic rings. The lowest BCUT2D eigenvalue weighted by Gasteiger charge is -2.09. The lowest BCUT2D eigenvalue weighted by atomic mass is 10.2. The molecule has 1 aromatic rings. The minimum absolute atomic E-state index is 0.102. The number of aliphatic hydroxyl groups is 1. The monoisotopic (exact) mass is 167 g/mol. The molecule has 0 radical (unpaired) electrons. The van der Waals surface area contributed by atoms with E-state index in [1.54, 1.807) is 22.9 Å². The summed E-state index contributed by atoms with van der Waals surface area (Å²) in [7, 11) is 0. The maximum absolute atomic E-state index is 11.4. The zero-order chi connectivity index (χ0) is 9.14. The second-order valence-electron chi connectivity index (χ2n) is 3.00. The maximum Gasteiger partial charge on any atom is 0.256 e. The molecular weight excluding hydrogens is 154 g/mol. The number of pyridine rings is 1. The van der Waals surface area contributed by atoms with E-state index in [9.17, 15) is 4.79 Å². The van der Waals surface area contributed by atoms with Gasteiger partial charge < -0.3 is 9.67 Å². The van der Waals surface area contributed by atoms with Crippen LogP contribution in [0.1, 0.15) is 25.5 Å². The summed E-state index contributed by atoms with van der Waals surface area (Å²) < 4.78 is 1.60. The zero-order valence-electron chi connectivity index (χ0n) is 7.32. The van der Waals surface area contributed by atoms with E-state index in [4.69, 9.17) is 5.11 Å². The molecule has 0 amide bonds. The van der Waals surface area contributed by atoms with Gasteiger partial charge in [-0.2, -0.15) is 0 Å². The molecule has 1 N–H and O–H groups in total. The highest BCUT2D eigenvalue weighted by molar-refractivity contribution is 5.09. The first-order chi connectivity index (χ1) is 5.66. The third kappa shape index (κ3) is 1.56. The number of aliphatic hydroxyl groups excluding tert-OH is 1. The van der Waals surface area contributed by atoms with Crippen molar-refractivity contribution in [3.05, 3.63) is 34.2 Å². The predicted molar refractivity (Wildman–Crippen MR) is 47.0 cm³/mol. The first kappa shape index (κ1) is 9.00. The number of hydrogen-bond acceptors (Lipinski definition) is 2. The molecule has 0 bridgehead atoms. The molecule has 0 saturated carbocycles. The van der Waals surface area contributed by atoms with Gasteiger partial charge in [0.05, 0.1) is 6.61 Å². The van der Waals surface area contributed by atoms with Gasteiger partial charge in [-0.1, -0.05) is 0 Å². The van der Waals surface area contributed by atoms with Crippen molar-refractivity contribution in [3.63, 3.8) is 0 Å². The molecule has 3 heteroatoms. The predicted octanol–water partition coefficient (Wildman–Crippen LogP) is 0.921. The fourth-order valence-electron chi connectivity index (χ4n) is 1.08. The Labute approximate surface area is 71.3 Å². The average Bonchev–Trinajstić information content (AvgIpc) is 2.04. The SMILES string of the molecule is CC(C)n1cccc(CO)c1=O. The molecule has 1 aromatic heterocycles. The molecule has 0 aliphatic carbocycles. The minimum Gasteiger partial charge on any atom is -0.391 e. The zero-order valence-corrected chi connectivity index (χ0v) is 7.32. The van der Waals surface area contributed by atoms with Gasteiger partial charge in [0, 0.05) is 17.8 Å². The van der Waals surface area contributed by atoms with Crippen molar-refractivity contribution in [2.75, 3.05) is 0 Å². The van der Waals surface area contributed by atoms with Gasteiger partial charge in [-0.15, -0.1) is 0 Å². The van der Waals surface area contributed by atoms with Gasteiger partial charge >= 0.3 is 0 Å². The van der Waals surface area contributed by atoms with Crippen molar-refractivity contribution in [3.8, 4) is 0 Å². The van der Waals surface area contributed by atoms with Gasteiger partial charge in [-0.05, 0) is 26.0 Å². The van der Waals surface area contributed by atoms with Crippen LogP contribution in [-0.4, -0.2) is 9.67 Å². The molecule has 66 valence electrons. The van der Waals surface area contributed by atoms with Crippen LogP contribution in [0.25, 0.3) is 0 Å². The molecule has 1 rings (SSSR count). The Hall–Kier alpha value is -1.09. The Morgan fingerprint density at radius 1 is 1.58 bits per heavy atom. The highest BCUT2D eigenvalue weighted by atomic mass is 16.3. The second-order valence-corrected chi connectivity index (χ2v) is 3.00. The Balaban J connectivity index is 3.24. The summed E-state index contributed by atoms with van der Waals surface area (Å²) in [6.45, 7) is 3.68. The third-order valence-electron chi connectivity index (χ3n) is 1.78. The molecular formula is C9H13NO2. The van der Waals surface area contributed by atoms with Crippen molar-refractivity contribution < 1.29 is 5.11 Å². The standard InChI is InChI=1S/C9H13NO2/c1-7(2)10-5-3-4-8(6-11)9(10)12/h3-5,7,11H,6H2,1-2H3. The van der Waals surface area contributed by atoms with Crippen LogP contribution in [0.15, 0.2) is 23.1 Å². The van der Waals surface area contributed by atoms with Gasteiger partial charge in [0.25, 0.3) is 5.56 Å². The lowest BCUT2D eigenvalue weighted by molar-refractivity contribution is 0.278. The van der Waals surface area contributed by atoms with Crippen molar-refractivity contribution >= 4 is 0 Å². The molecule has 0 aromatic carbocycles. The van der Waals surface area contributed by atoms with Crippen LogP contribution in [0.3, 0.4) is 0 Å². The van der Waals surface area contributed by atoms with E-state index < -0.39 is 0 Å². The fraction of sp³-hybridized carbons (Fsp3) is 0.444. The molecule has 3 nitrogen and oxygen atoms in total. The van der Waals surface area contributed by atoms with Gasteiger partial charge in [0.1, 0.15) is 0 Å². The van der Waals surface area contributed by atoms with Gasteiger partial charge in [0.15, 0.2) is 0 Å². The topological polar surface area (TPSA) is 42.2 Å². The molecule has 0 unspecified atom stereocenters. The van der Waals surface area contributed by atoms with Crippen LogP contribution in [0.2, 0.25) is 0 Å². The summed E-state index contributed by atoms with van der Waals surface area (Å²) in [6.07, 6.45) is 1.73. The van der Waals surface area contributed by atoms with Gasteiger partial charge in [-0.25, -0.2) is 0 Å². The van der Waals surface area contributed by atoms with Crippen LogP contribution in [-0.2, 0) is 6.61 Å². The van der Waals surface area contributed by atoms with E-state index >= 15 is 0 Å². The average molecular weight is 167 g/mol. The van der Waals surface area contributed by atoms with Gasteiger partial charge in [0.2, 0.25) is 0 Å². The van der Waals surface area contributed by atoms with Crippen LogP contribution < -0.4 is 5.56 Å². The van der Waals surface area contributed by atoms with E-state index in [0.29, 0.717) is 5.56 Å². The van der Waals surface area contributed by atoms with Crippen molar-refractivity contribution in [1.29, 1.82) is 0 Å². The van der Waals surface area contributed by atoms with Crippen molar-refractivity contribution in [2.45, 2.75) is 26.5 Å². The van der Waals surface area contributed by atoms with Crippen molar-refractivity contribution in [1.82, 2.24) is 4.57 Å². The first-order valence-corrected chi connectivity index (χ1v) is 3.97. The summed E-state index contributed by atoms with van der Waals surface area (Å²) in [5.41, 5.74) is 0.348. The molecule has 0 spiro atoms. The first-order valence-electron chi connectivity index (χ1n) is 3.97. The van der Waals surface area contributed by atoms with Crippen LogP contribution in [0, 0.1) is 0 Å². The Kier molecular flexibility index (Phi) is 2.65. The van der Waals surface area contributed by atoms with E-state index in [0.717, 1.165) is 0 Å². The fourth-order valence-corrected chi connectivity index (χ4v) is 1.08. The molecule has 0 atom stereocenters. The van der Waals surface area contributed by atoms with E-state index in [1.165, 1.54) is 0 Å². The molecule has 0 fully saturated rings. The van der Waals surface area contributed by atoms with Gasteiger partial charge in [-0.3, -0.25) is 4.79 Å². The van der Waals surface area contributed by atoms with E-state index in [-0.39, 0.29) is 18.2 Å². The van der Waals surface area contributed by atoms with Crippen LogP contribution >= 0.6 is 0 Å². The Morgan fingerprint density at radius 3 is 2.75 bits per heavy atom. The van der Waals surface area contributed by atoms with Crippen molar-refractivity contribution in [2.24, 2.45) is 0 Å². The van der Waals surface area contributed by atoms with Crippen LogP contribution in [0.4, 0.5) is 0 Å². The summed E-state index contributed by atoms with van der Waals surface area (Å²) in [5.74, 6) is 0. The summed E-state index contributed by atoms with van der Waals surface area (Å²) in [4.78, 5) is 11.4. The Morgan fingerprint density at radius 2 is 2.25 bits per heavy atom. The molecule has 12 heavy (non-hydrogen) atoms. The number of aromatic nitrogens is 1. The van der Waals surface area contributed by atoms with Crippen LogP contribution in [0.5, 0.6) is 0 Å². The second kappa shape index (κ2) is 3.54. The highest BCUT2D eigenvalue weighted by Gasteiger charge is 2.03. The van der Waals surface area contributed by atoms with E-state index in [2.05, 4.69) is 0 Å². The minimum atomic E-state index is -0.188. The summed E-state index contributed by atoms with van der Waals surface area (Å²) in [5, 5.41) is 8.81. The smallest absolute Gasteiger partial charge is 0.256 e. The quantitative estimate of drug-likeness (QED) is 0.711. The molecule has 0 saturated heterocycles. The lowest BCUT2D eigenvalue weighted by Crippen LogP contribution is -2.24. The normalized spacial score (nSPS) is 10.7. The maximum atomic E-state index is 11.4. The summed E-state index contributed by atoms with van der Waals surface area (Å²) in [6, 6.07) is 3.55. The third-order valence-corrected chi connectivity index (χ3v) is 1.78. The Bertz CT molecular complexity index is 315. The number of rotatable bonds is 2. The molecule has 0 aliphatic heterocycles. The largest absolute Gasteiger partial charge is 0.391 e. The highest BCUT2D eigenvalue weighted by Crippen LogP contribution is 2.00. The molecule has 1 heterocycles.